The van der Waals surface area contributed by atoms with E-state index in [1.165, 1.54) is 17.0 Å². The molecule has 6 nitrogen and oxygen atoms in total. The number of aromatic nitrogens is 3. The second-order valence-electron chi connectivity index (χ2n) is 7.68. The first kappa shape index (κ1) is 19.7. The Morgan fingerprint density at radius 2 is 2.00 bits per heavy atom. The van der Waals surface area contributed by atoms with Crippen LogP contribution in [0.4, 0.5) is 10.2 Å². The van der Waals surface area contributed by atoms with E-state index in [1.54, 1.807) is 34.2 Å². The Balaban J connectivity index is 1.28. The molecule has 1 amide bonds. The minimum Gasteiger partial charge on any atom is -0.355 e. The van der Waals surface area contributed by atoms with Gasteiger partial charge in [0.1, 0.15) is 11.3 Å². The molecule has 1 N–H and O–H groups in total. The van der Waals surface area contributed by atoms with E-state index >= 15 is 0 Å². The number of nitrogens with zero attached hydrogens (tertiary/aromatic N) is 4. The molecule has 4 aromatic rings. The van der Waals surface area contributed by atoms with Gasteiger partial charge in [0.25, 0.3) is 0 Å². The number of nitrogens with one attached hydrogen (secondary N) is 1. The summed E-state index contributed by atoms with van der Waals surface area (Å²) >= 11 is 1.65. The molecule has 0 atom stereocenters. The van der Waals surface area contributed by atoms with Crippen molar-refractivity contribution in [2.45, 2.75) is 19.4 Å². The van der Waals surface area contributed by atoms with Crippen molar-refractivity contribution in [3.8, 4) is 11.3 Å². The van der Waals surface area contributed by atoms with E-state index in [2.05, 4.69) is 20.3 Å². The van der Waals surface area contributed by atoms with Gasteiger partial charge >= 0.3 is 0 Å². The quantitative estimate of drug-likeness (QED) is 0.512. The molecule has 0 saturated carbocycles. The zero-order chi connectivity index (χ0) is 21.2. The number of carbonyl (C=O) groups is 1. The average molecular weight is 436 g/mol. The van der Waals surface area contributed by atoms with Crippen molar-refractivity contribution in [1.82, 2.24) is 19.9 Å². The van der Waals surface area contributed by atoms with E-state index in [4.69, 9.17) is 0 Å². The number of carbonyl (C=O) groups excluding carboxylic acids is 1. The first-order valence-corrected chi connectivity index (χ1v) is 11.2. The van der Waals surface area contributed by atoms with E-state index < -0.39 is 0 Å². The molecule has 8 heteroatoms. The van der Waals surface area contributed by atoms with Crippen molar-refractivity contribution in [3.05, 3.63) is 70.9 Å². The summed E-state index contributed by atoms with van der Waals surface area (Å²) in [4.78, 5) is 20.5. The maximum Gasteiger partial charge on any atom is 0.223 e. The standard InChI is InChI=1S/C23H22FN5OS/c24-18-5-3-16(4-6-18)20-14-21-22(25-9-12-29(21)27-20)28-10-7-17(8-11-28)23(30)26-15-19-2-1-13-31-19/h1-6,9,12-14,17H,7-8,10-11,15H2,(H,26,30). The number of anilines is 1. The molecule has 5 rings (SSSR count). The summed E-state index contributed by atoms with van der Waals surface area (Å²) in [6.07, 6.45) is 5.14. The third-order valence-electron chi connectivity index (χ3n) is 5.69. The number of fused-ring (bicyclic) bond motifs is 1. The Morgan fingerprint density at radius 1 is 1.19 bits per heavy atom. The van der Waals surface area contributed by atoms with E-state index in [9.17, 15) is 9.18 Å². The van der Waals surface area contributed by atoms with Gasteiger partial charge in [0.05, 0.1) is 12.2 Å². The molecule has 1 saturated heterocycles. The van der Waals surface area contributed by atoms with Gasteiger partial charge in [-0.2, -0.15) is 5.10 Å². The highest BCUT2D eigenvalue weighted by atomic mass is 32.1. The molecular weight excluding hydrogens is 413 g/mol. The lowest BCUT2D eigenvalue weighted by molar-refractivity contribution is -0.125. The number of hydrogen-bond donors (Lipinski definition) is 1. The van der Waals surface area contributed by atoms with Gasteiger partial charge in [-0.25, -0.2) is 13.9 Å². The molecule has 4 heterocycles. The number of rotatable bonds is 5. The van der Waals surface area contributed by atoms with Crippen molar-refractivity contribution >= 4 is 28.6 Å². The molecule has 0 unspecified atom stereocenters. The fraction of sp³-hybridized carbons (Fsp3) is 0.261. The van der Waals surface area contributed by atoms with Crippen LogP contribution in [0.1, 0.15) is 17.7 Å². The second-order valence-corrected chi connectivity index (χ2v) is 8.71. The summed E-state index contributed by atoms with van der Waals surface area (Å²) in [5, 5.41) is 9.70. The van der Waals surface area contributed by atoms with Crippen LogP contribution in [0, 0.1) is 11.7 Å². The second kappa shape index (κ2) is 8.47. The third kappa shape index (κ3) is 4.16. The lowest BCUT2D eigenvalue weighted by Crippen LogP contribution is -2.40. The van der Waals surface area contributed by atoms with Crippen LogP contribution in [0.3, 0.4) is 0 Å². The van der Waals surface area contributed by atoms with Crippen LogP contribution in [0.25, 0.3) is 16.8 Å². The molecule has 0 spiro atoms. The Bertz CT molecular complexity index is 1180. The minimum absolute atomic E-state index is 0.0237. The van der Waals surface area contributed by atoms with Crippen molar-refractivity contribution < 1.29 is 9.18 Å². The smallest absolute Gasteiger partial charge is 0.223 e. The van der Waals surface area contributed by atoms with Crippen LogP contribution in [-0.4, -0.2) is 33.6 Å². The zero-order valence-corrected chi connectivity index (χ0v) is 17.7. The molecule has 0 bridgehead atoms. The van der Waals surface area contributed by atoms with Gasteiger partial charge in [-0.15, -0.1) is 11.3 Å². The van der Waals surface area contributed by atoms with Gasteiger partial charge in [-0.1, -0.05) is 6.07 Å². The van der Waals surface area contributed by atoms with Crippen LogP contribution in [-0.2, 0) is 11.3 Å². The minimum atomic E-state index is -0.267. The average Bonchev–Trinajstić information content (AvgIpc) is 3.48. The summed E-state index contributed by atoms with van der Waals surface area (Å²) in [6, 6.07) is 12.3. The Morgan fingerprint density at radius 3 is 2.74 bits per heavy atom. The molecular formula is C23H22FN5OS. The number of benzene rings is 1. The van der Waals surface area contributed by atoms with Gasteiger partial charge in [0.15, 0.2) is 5.82 Å². The highest BCUT2D eigenvalue weighted by Gasteiger charge is 2.26. The molecule has 1 aliphatic heterocycles. The maximum absolute atomic E-state index is 13.3. The predicted octanol–water partition coefficient (Wildman–Crippen LogP) is 4.13. The largest absolute Gasteiger partial charge is 0.355 e. The molecule has 1 aliphatic rings. The Kier molecular flexibility index (Phi) is 5.38. The van der Waals surface area contributed by atoms with Gasteiger partial charge < -0.3 is 10.2 Å². The van der Waals surface area contributed by atoms with E-state index in [0.29, 0.717) is 6.54 Å². The van der Waals surface area contributed by atoms with Crippen LogP contribution in [0.2, 0.25) is 0 Å². The first-order chi connectivity index (χ1) is 15.2. The molecule has 158 valence electrons. The summed E-state index contributed by atoms with van der Waals surface area (Å²) in [5.74, 6) is 0.746. The van der Waals surface area contributed by atoms with Crippen molar-refractivity contribution in [3.63, 3.8) is 0 Å². The summed E-state index contributed by atoms with van der Waals surface area (Å²) in [6.45, 7) is 2.13. The van der Waals surface area contributed by atoms with Crippen LogP contribution in [0.15, 0.2) is 60.2 Å². The number of thiophene rings is 1. The zero-order valence-electron chi connectivity index (χ0n) is 16.9. The van der Waals surface area contributed by atoms with Gasteiger partial charge in [-0.3, -0.25) is 4.79 Å². The maximum atomic E-state index is 13.3. The Labute approximate surface area is 183 Å². The fourth-order valence-electron chi connectivity index (χ4n) is 4.00. The van der Waals surface area contributed by atoms with Gasteiger partial charge in [-0.05, 0) is 54.6 Å². The van der Waals surface area contributed by atoms with Crippen molar-refractivity contribution in [2.75, 3.05) is 18.0 Å². The number of hydrogen-bond acceptors (Lipinski definition) is 5. The van der Waals surface area contributed by atoms with Gasteiger partial charge in [0.2, 0.25) is 5.91 Å². The van der Waals surface area contributed by atoms with E-state index in [0.717, 1.165) is 48.5 Å². The molecule has 1 aromatic carbocycles. The SMILES string of the molecule is O=C(NCc1cccs1)C1CCN(c2nccn3nc(-c4ccc(F)cc4)cc23)CC1. The summed E-state index contributed by atoms with van der Waals surface area (Å²) in [5.41, 5.74) is 2.54. The lowest BCUT2D eigenvalue weighted by Gasteiger charge is -2.32. The highest BCUT2D eigenvalue weighted by Crippen LogP contribution is 2.28. The molecule has 0 radical (unpaired) electrons. The monoisotopic (exact) mass is 435 g/mol. The molecule has 0 aliphatic carbocycles. The predicted molar refractivity (Wildman–Crippen MR) is 119 cm³/mol. The number of halogens is 1. The van der Waals surface area contributed by atoms with Crippen molar-refractivity contribution in [1.29, 1.82) is 0 Å². The Hall–Kier alpha value is -3.26. The number of amides is 1. The number of piperidine rings is 1. The summed E-state index contributed by atoms with van der Waals surface area (Å²) in [7, 11) is 0. The van der Waals surface area contributed by atoms with E-state index in [-0.39, 0.29) is 17.6 Å². The third-order valence-corrected chi connectivity index (χ3v) is 6.57. The topological polar surface area (TPSA) is 62.5 Å². The van der Waals surface area contributed by atoms with Crippen molar-refractivity contribution in [2.24, 2.45) is 5.92 Å². The van der Waals surface area contributed by atoms with Crippen LogP contribution >= 0.6 is 11.3 Å². The highest BCUT2D eigenvalue weighted by molar-refractivity contribution is 7.09. The van der Waals surface area contributed by atoms with Gasteiger partial charge in [0, 0.05) is 41.8 Å². The molecule has 31 heavy (non-hydrogen) atoms. The molecule has 3 aromatic heterocycles. The lowest BCUT2D eigenvalue weighted by atomic mass is 9.96. The normalized spacial score (nSPS) is 14.8. The van der Waals surface area contributed by atoms with Crippen LogP contribution in [0.5, 0.6) is 0 Å². The van der Waals surface area contributed by atoms with Crippen LogP contribution < -0.4 is 10.2 Å². The first-order valence-electron chi connectivity index (χ1n) is 10.3. The summed E-state index contributed by atoms with van der Waals surface area (Å²) < 4.78 is 15.1. The van der Waals surface area contributed by atoms with E-state index in [1.807, 2.05) is 29.8 Å². The molecule has 1 fully saturated rings. The fourth-order valence-corrected chi connectivity index (χ4v) is 4.64.